The molecule has 2 nitrogen and oxygen atoms in total. The average Bonchev–Trinajstić information content (AvgIpc) is 2.40. The molecule has 0 fully saturated rings. The Balaban J connectivity index is 2.05. The zero-order valence-corrected chi connectivity index (χ0v) is 13.1. The molecule has 0 aliphatic carbocycles. The average molecular weight is 366 g/mol. The van der Waals surface area contributed by atoms with E-state index in [1.807, 2.05) is 56.3 Å². The predicted octanol–water partition coefficient (Wildman–Crippen LogP) is 4.17. The van der Waals surface area contributed by atoms with Crippen LogP contribution in [-0.4, -0.2) is 12.4 Å². The molecule has 0 bridgehead atoms. The molecule has 0 unspecified atom stereocenters. The topological polar surface area (TPSA) is 26.3 Å². The Morgan fingerprint density at radius 1 is 1.11 bits per heavy atom. The number of hydrogen-bond donors (Lipinski definition) is 0. The van der Waals surface area contributed by atoms with E-state index in [4.69, 9.17) is 4.74 Å². The zero-order chi connectivity index (χ0) is 13.8. The third-order valence-electron chi connectivity index (χ3n) is 3.02. The number of benzene rings is 2. The molecule has 0 aromatic heterocycles. The molecule has 2 aromatic carbocycles. The van der Waals surface area contributed by atoms with Crippen molar-refractivity contribution in [3.05, 3.63) is 62.7 Å². The minimum Gasteiger partial charge on any atom is -0.484 e. The van der Waals surface area contributed by atoms with Gasteiger partial charge >= 0.3 is 0 Å². The molecular formula is C16H15IO2. The van der Waals surface area contributed by atoms with Gasteiger partial charge in [-0.05, 0) is 65.8 Å². The summed E-state index contributed by atoms with van der Waals surface area (Å²) in [5.74, 6) is 0.753. The molecule has 2 aromatic rings. The highest BCUT2D eigenvalue weighted by Crippen LogP contribution is 2.20. The van der Waals surface area contributed by atoms with Gasteiger partial charge in [0, 0.05) is 5.56 Å². The molecule has 3 heteroatoms. The molecule has 0 aliphatic rings. The third kappa shape index (κ3) is 3.56. The van der Waals surface area contributed by atoms with Crippen LogP contribution in [0.4, 0.5) is 0 Å². The van der Waals surface area contributed by atoms with Crippen LogP contribution < -0.4 is 4.74 Å². The largest absolute Gasteiger partial charge is 0.484 e. The molecule has 0 saturated heterocycles. The smallest absolute Gasteiger partial charge is 0.200 e. The van der Waals surface area contributed by atoms with Gasteiger partial charge in [-0.15, -0.1) is 0 Å². The van der Waals surface area contributed by atoms with Crippen LogP contribution in [0.5, 0.6) is 5.75 Å². The third-order valence-corrected chi connectivity index (χ3v) is 3.92. The monoisotopic (exact) mass is 366 g/mol. The fraction of sp³-hybridized carbons (Fsp3) is 0.188. The number of rotatable bonds is 4. The van der Waals surface area contributed by atoms with Gasteiger partial charge in [0.2, 0.25) is 0 Å². The Hall–Kier alpha value is -1.36. The Bertz CT molecular complexity index is 605. The maximum atomic E-state index is 12.1. The molecule has 98 valence electrons. The van der Waals surface area contributed by atoms with Gasteiger partial charge in [-0.25, -0.2) is 0 Å². The van der Waals surface area contributed by atoms with E-state index in [-0.39, 0.29) is 12.4 Å². The minimum absolute atomic E-state index is 0.00255. The fourth-order valence-electron chi connectivity index (χ4n) is 1.70. The summed E-state index contributed by atoms with van der Waals surface area (Å²) in [6.07, 6.45) is 0. The Kier molecular flexibility index (Phi) is 4.58. The van der Waals surface area contributed by atoms with Crippen molar-refractivity contribution in [3.8, 4) is 5.75 Å². The summed E-state index contributed by atoms with van der Waals surface area (Å²) in [4.78, 5) is 12.1. The van der Waals surface area contributed by atoms with Crippen LogP contribution in [-0.2, 0) is 0 Å². The second-order valence-corrected chi connectivity index (χ2v) is 5.60. The fourth-order valence-corrected chi connectivity index (χ4v) is 2.25. The highest BCUT2D eigenvalue weighted by atomic mass is 127. The first-order valence-corrected chi connectivity index (χ1v) is 7.13. The number of halogens is 1. The molecule has 0 aliphatic heterocycles. The molecule has 2 rings (SSSR count). The van der Waals surface area contributed by atoms with Gasteiger partial charge in [-0.2, -0.15) is 0 Å². The van der Waals surface area contributed by atoms with Gasteiger partial charge in [-0.1, -0.05) is 24.3 Å². The standard InChI is InChI=1S/C16H15IO2/c1-11-7-8-13(9-12(11)2)15(18)10-19-16-6-4-3-5-14(16)17/h3-9H,10H2,1-2H3. The molecule has 0 N–H and O–H groups in total. The van der Waals surface area contributed by atoms with E-state index in [9.17, 15) is 4.79 Å². The van der Waals surface area contributed by atoms with Gasteiger partial charge in [0.15, 0.2) is 12.4 Å². The quantitative estimate of drug-likeness (QED) is 0.600. The van der Waals surface area contributed by atoms with E-state index < -0.39 is 0 Å². The zero-order valence-electron chi connectivity index (χ0n) is 10.9. The second-order valence-electron chi connectivity index (χ2n) is 4.44. The van der Waals surface area contributed by atoms with E-state index in [0.717, 1.165) is 14.9 Å². The molecule has 0 saturated carbocycles. The molecule has 0 atom stereocenters. The lowest BCUT2D eigenvalue weighted by Crippen LogP contribution is -2.12. The lowest BCUT2D eigenvalue weighted by atomic mass is 10.0. The molecular weight excluding hydrogens is 351 g/mol. The number of Topliss-reactive ketones (excluding diaryl/α,β-unsaturated/α-hetero) is 1. The first kappa shape index (κ1) is 14.1. The summed E-state index contributed by atoms with van der Waals surface area (Å²) in [7, 11) is 0. The van der Waals surface area contributed by atoms with Gasteiger partial charge in [0.25, 0.3) is 0 Å². The van der Waals surface area contributed by atoms with E-state index in [1.54, 1.807) is 0 Å². The summed E-state index contributed by atoms with van der Waals surface area (Å²) in [5, 5.41) is 0. The Morgan fingerprint density at radius 2 is 1.84 bits per heavy atom. The maximum absolute atomic E-state index is 12.1. The van der Waals surface area contributed by atoms with E-state index in [1.165, 1.54) is 5.56 Å². The van der Waals surface area contributed by atoms with Gasteiger partial charge in [0.05, 0.1) is 3.57 Å². The van der Waals surface area contributed by atoms with Crippen LogP contribution in [0.3, 0.4) is 0 Å². The van der Waals surface area contributed by atoms with Crippen molar-refractivity contribution in [1.82, 2.24) is 0 Å². The summed E-state index contributed by atoms with van der Waals surface area (Å²) >= 11 is 2.20. The van der Waals surface area contributed by atoms with Crippen molar-refractivity contribution >= 4 is 28.4 Å². The van der Waals surface area contributed by atoms with E-state index in [0.29, 0.717) is 5.56 Å². The SMILES string of the molecule is Cc1ccc(C(=O)COc2ccccc2I)cc1C. The predicted molar refractivity (Wildman–Crippen MR) is 84.9 cm³/mol. The maximum Gasteiger partial charge on any atom is 0.200 e. The Labute approximate surface area is 126 Å². The lowest BCUT2D eigenvalue weighted by Gasteiger charge is -2.08. The van der Waals surface area contributed by atoms with Crippen LogP contribution in [0.2, 0.25) is 0 Å². The molecule has 0 radical (unpaired) electrons. The summed E-state index contributed by atoms with van der Waals surface area (Å²) in [6.45, 7) is 4.11. The van der Waals surface area contributed by atoms with Crippen molar-refractivity contribution in [2.75, 3.05) is 6.61 Å². The Morgan fingerprint density at radius 3 is 2.53 bits per heavy atom. The number of ketones is 1. The summed E-state index contributed by atoms with van der Waals surface area (Å²) in [5.41, 5.74) is 3.02. The van der Waals surface area contributed by atoms with Crippen molar-refractivity contribution < 1.29 is 9.53 Å². The first-order chi connectivity index (χ1) is 9.08. The molecule has 0 amide bonds. The lowest BCUT2D eigenvalue weighted by molar-refractivity contribution is 0.0921. The normalized spacial score (nSPS) is 10.3. The second kappa shape index (κ2) is 6.19. The van der Waals surface area contributed by atoms with Gasteiger partial charge in [0.1, 0.15) is 5.75 Å². The first-order valence-electron chi connectivity index (χ1n) is 6.05. The van der Waals surface area contributed by atoms with Crippen LogP contribution in [0, 0.1) is 17.4 Å². The number of aryl methyl sites for hydroxylation is 2. The van der Waals surface area contributed by atoms with Crippen LogP contribution in [0.25, 0.3) is 0 Å². The molecule has 0 spiro atoms. The minimum atomic E-state index is 0.00255. The highest BCUT2D eigenvalue weighted by Gasteiger charge is 2.09. The van der Waals surface area contributed by atoms with Crippen LogP contribution in [0.1, 0.15) is 21.5 Å². The number of ether oxygens (including phenoxy) is 1. The summed E-state index contributed by atoms with van der Waals surface area (Å²) in [6, 6.07) is 13.4. The van der Waals surface area contributed by atoms with Crippen LogP contribution in [0.15, 0.2) is 42.5 Å². The molecule has 19 heavy (non-hydrogen) atoms. The van der Waals surface area contributed by atoms with Crippen molar-refractivity contribution in [3.63, 3.8) is 0 Å². The van der Waals surface area contributed by atoms with Crippen molar-refractivity contribution in [2.24, 2.45) is 0 Å². The van der Waals surface area contributed by atoms with E-state index >= 15 is 0 Å². The van der Waals surface area contributed by atoms with Crippen molar-refractivity contribution in [1.29, 1.82) is 0 Å². The highest BCUT2D eigenvalue weighted by molar-refractivity contribution is 14.1. The van der Waals surface area contributed by atoms with E-state index in [2.05, 4.69) is 22.6 Å². The van der Waals surface area contributed by atoms with Gasteiger partial charge in [-0.3, -0.25) is 4.79 Å². The number of hydrogen-bond acceptors (Lipinski definition) is 2. The van der Waals surface area contributed by atoms with Gasteiger partial charge < -0.3 is 4.74 Å². The summed E-state index contributed by atoms with van der Waals surface area (Å²) < 4.78 is 6.57. The van der Waals surface area contributed by atoms with Crippen LogP contribution >= 0.6 is 22.6 Å². The number of carbonyl (C=O) groups excluding carboxylic acids is 1. The van der Waals surface area contributed by atoms with Crippen molar-refractivity contribution in [2.45, 2.75) is 13.8 Å². The molecule has 0 heterocycles. The number of para-hydroxylation sites is 1. The number of carbonyl (C=O) groups is 1.